The Balaban J connectivity index is 1.52. The zero-order valence-corrected chi connectivity index (χ0v) is 21.4. The molecule has 0 unspecified atom stereocenters. The van der Waals surface area contributed by atoms with Gasteiger partial charge in [-0.3, -0.25) is 0 Å². The van der Waals surface area contributed by atoms with Gasteiger partial charge in [0.2, 0.25) is 16.0 Å². The normalized spacial score (nSPS) is 15.1. The van der Waals surface area contributed by atoms with Gasteiger partial charge in [-0.2, -0.15) is 31.3 Å². The number of primary sulfonamides is 1. The predicted octanol–water partition coefficient (Wildman–Crippen LogP) is 5.62. The van der Waals surface area contributed by atoms with Crippen molar-refractivity contribution in [1.82, 2.24) is 15.0 Å². The van der Waals surface area contributed by atoms with Crippen molar-refractivity contribution in [2.75, 3.05) is 10.6 Å². The second-order valence-corrected chi connectivity index (χ2v) is 10.9. The number of alkyl halides is 6. The van der Waals surface area contributed by atoms with Crippen LogP contribution in [-0.4, -0.2) is 35.1 Å². The number of benzene rings is 2. The highest BCUT2D eigenvalue weighted by Gasteiger charge is 2.64. The standard InChI is InChI=1S/C25H19F7N6O2S/c26-15-4-2-14(3-5-15)17-6-7-18-20(35-17)21(38-23(9-10-23)25(30,31)32)37-22(36-18)34-12-13-1-8-19(41(33,39)40)16(11-13)24(27,28)29/h1-8,11H,9-10,12H2,(H2,33,39,40)(H2,34,36,37,38). The first-order chi connectivity index (χ1) is 19.1. The molecule has 1 aliphatic rings. The van der Waals surface area contributed by atoms with Crippen LogP contribution in [0.4, 0.5) is 42.5 Å². The maximum absolute atomic E-state index is 13.8. The molecular formula is C25H19F7N6O2S. The first-order valence-electron chi connectivity index (χ1n) is 11.8. The van der Waals surface area contributed by atoms with Crippen LogP contribution in [-0.2, 0) is 22.7 Å². The monoisotopic (exact) mass is 600 g/mol. The Morgan fingerprint density at radius 1 is 0.902 bits per heavy atom. The van der Waals surface area contributed by atoms with E-state index in [2.05, 4.69) is 25.6 Å². The van der Waals surface area contributed by atoms with Crippen LogP contribution in [0.1, 0.15) is 24.0 Å². The van der Waals surface area contributed by atoms with Crippen molar-refractivity contribution < 1.29 is 39.2 Å². The molecule has 4 N–H and O–H groups in total. The van der Waals surface area contributed by atoms with E-state index >= 15 is 0 Å². The lowest BCUT2D eigenvalue weighted by atomic mass is 10.1. The fourth-order valence-electron chi connectivity index (χ4n) is 4.13. The third kappa shape index (κ3) is 5.88. The van der Waals surface area contributed by atoms with Crippen molar-refractivity contribution in [2.45, 2.75) is 42.2 Å². The van der Waals surface area contributed by atoms with Gasteiger partial charge in [0.05, 0.1) is 21.7 Å². The Kier molecular flexibility index (Phi) is 6.80. The second kappa shape index (κ2) is 9.80. The first kappa shape index (κ1) is 28.5. The lowest BCUT2D eigenvalue weighted by Crippen LogP contribution is -2.39. The summed E-state index contributed by atoms with van der Waals surface area (Å²) in [6, 6.07) is 10.7. The summed E-state index contributed by atoms with van der Waals surface area (Å²) in [5, 5.41) is 10.00. The quantitative estimate of drug-likeness (QED) is 0.236. The van der Waals surface area contributed by atoms with Gasteiger partial charge in [-0.15, -0.1) is 0 Å². The summed E-state index contributed by atoms with van der Waals surface area (Å²) >= 11 is 0. The van der Waals surface area contributed by atoms with Gasteiger partial charge in [0.25, 0.3) is 0 Å². The van der Waals surface area contributed by atoms with E-state index in [0.717, 1.165) is 6.07 Å². The number of sulfonamides is 1. The minimum atomic E-state index is -5.03. The molecule has 0 saturated heterocycles. The van der Waals surface area contributed by atoms with Crippen molar-refractivity contribution in [1.29, 1.82) is 0 Å². The van der Waals surface area contributed by atoms with Crippen LogP contribution in [0.5, 0.6) is 0 Å². The van der Waals surface area contributed by atoms with Gasteiger partial charge in [0.1, 0.15) is 16.9 Å². The van der Waals surface area contributed by atoms with Gasteiger partial charge >= 0.3 is 12.4 Å². The highest BCUT2D eigenvalue weighted by atomic mass is 32.2. The summed E-state index contributed by atoms with van der Waals surface area (Å²) < 4.78 is 118. The second-order valence-electron chi connectivity index (χ2n) is 9.40. The number of nitrogens with one attached hydrogen (secondary N) is 2. The number of hydrogen-bond acceptors (Lipinski definition) is 7. The molecule has 0 radical (unpaired) electrons. The molecule has 1 aliphatic carbocycles. The molecule has 0 spiro atoms. The van der Waals surface area contributed by atoms with E-state index < -0.39 is 44.2 Å². The summed E-state index contributed by atoms with van der Waals surface area (Å²) in [7, 11) is -4.67. The molecule has 0 atom stereocenters. The van der Waals surface area contributed by atoms with Gasteiger partial charge in [-0.25, -0.2) is 27.9 Å². The number of fused-ring (bicyclic) bond motifs is 1. The van der Waals surface area contributed by atoms with Gasteiger partial charge in [-0.05, 0) is 66.9 Å². The average molecular weight is 601 g/mol. The third-order valence-corrected chi connectivity index (χ3v) is 7.41. The minimum Gasteiger partial charge on any atom is -0.354 e. The summed E-state index contributed by atoms with van der Waals surface area (Å²) in [5.41, 5.74) is -2.82. The van der Waals surface area contributed by atoms with E-state index in [4.69, 9.17) is 5.14 Å². The number of nitrogens with zero attached hydrogens (tertiary/aromatic N) is 3. The lowest BCUT2D eigenvalue weighted by Gasteiger charge is -2.22. The number of aromatic nitrogens is 3. The molecule has 1 saturated carbocycles. The summed E-state index contributed by atoms with van der Waals surface area (Å²) in [6.45, 7) is -0.343. The minimum absolute atomic E-state index is 0.00948. The maximum Gasteiger partial charge on any atom is 0.417 e. The van der Waals surface area contributed by atoms with Crippen molar-refractivity contribution in [3.05, 3.63) is 71.5 Å². The largest absolute Gasteiger partial charge is 0.417 e. The van der Waals surface area contributed by atoms with Crippen LogP contribution < -0.4 is 15.8 Å². The number of anilines is 2. The molecule has 1 fully saturated rings. The van der Waals surface area contributed by atoms with Gasteiger partial charge in [0.15, 0.2) is 5.82 Å². The molecule has 0 bridgehead atoms. The third-order valence-electron chi connectivity index (χ3n) is 6.44. The summed E-state index contributed by atoms with van der Waals surface area (Å²) in [5.74, 6) is -0.978. The number of pyridine rings is 1. The molecule has 0 aliphatic heterocycles. The highest BCUT2D eigenvalue weighted by Crippen LogP contribution is 2.51. The fourth-order valence-corrected chi connectivity index (χ4v) is 4.87. The van der Waals surface area contributed by atoms with Crippen LogP contribution in [0.2, 0.25) is 0 Å². The fraction of sp³-hybridized carbons (Fsp3) is 0.240. The lowest BCUT2D eigenvalue weighted by molar-refractivity contribution is -0.151. The number of rotatable bonds is 7. The molecular weight excluding hydrogens is 581 g/mol. The van der Waals surface area contributed by atoms with Crippen LogP contribution in [0.3, 0.4) is 0 Å². The van der Waals surface area contributed by atoms with Crippen LogP contribution >= 0.6 is 0 Å². The molecule has 41 heavy (non-hydrogen) atoms. The average Bonchev–Trinajstić information content (AvgIpc) is 3.67. The molecule has 2 heterocycles. The first-order valence-corrected chi connectivity index (χ1v) is 13.4. The molecule has 8 nitrogen and oxygen atoms in total. The molecule has 2 aromatic carbocycles. The maximum atomic E-state index is 13.8. The Morgan fingerprint density at radius 3 is 2.17 bits per heavy atom. The van der Waals surface area contributed by atoms with Gasteiger partial charge < -0.3 is 10.6 Å². The van der Waals surface area contributed by atoms with Crippen molar-refractivity contribution in [3.8, 4) is 11.3 Å². The SMILES string of the molecule is NS(=O)(=O)c1ccc(CNc2nc(NC3(C(F)(F)F)CC3)c3nc(-c4ccc(F)cc4)ccc3n2)cc1C(F)(F)F. The van der Waals surface area contributed by atoms with Crippen LogP contribution in [0.15, 0.2) is 59.5 Å². The van der Waals surface area contributed by atoms with E-state index in [1.54, 1.807) is 0 Å². The zero-order valence-electron chi connectivity index (χ0n) is 20.6. The zero-order chi connectivity index (χ0) is 29.8. The Hall–Kier alpha value is -4.05. The molecule has 5 rings (SSSR count). The highest BCUT2D eigenvalue weighted by molar-refractivity contribution is 7.89. The summed E-state index contributed by atoms with van der Waals surface area (Å²) in [6.07, 6.45) is -10.1. The molecule has 16 heteroatoms. The van der Waals surface area contributed by atoms with E-state index in [1.807, 2.05) is 0 Å². The predicted molar refractivity (Wildman–Crippen MR) is 135 cm³/mol. The van der Waals surface area contributed by atoms with Gasteiger partial charge in [-0.1, -0.05) is 6.07 Å². The van der Waals surface area contributed by atoms with E-state index in [-0.39, 0.29) is 47.7 Å². The molecule has 2 aromatic heterocycles. The molecule has 216 valence electrons. The van der Waals surface area contributed by atoms with E-state index in [0.29, 0.717) is 23.4 Å². The summed E-state index contributed by atoms with van der Waals surface area (Å²) in [4.78, 5) is 11.7. The number of nitrogens with two attached hydrogens (primary N) is 1. The number of halogens is 7. The van der Waals surface area contributed by atoms with Crippen molar-refractivity contribution in [2.24, 2.45) is 5.14 Å². The van der Waals surface area contributed by atoms with Crippen molar-refractivity contribution in [3.63, 3.8) is 0 Å². The Labute approximate surface area is 227 Å². The Bertz CT molecular complexity index is 1740. The van der Waals surface area contributed by atoms with E-state index in [1.165, 1.54) is 36.4 Å². The Morgan fingerprint density at radius 2 is 1.59 bits per heavy atom. The van der Waals surface area contributed by atoms with Crippen LogP contribution in [0.25, 0.3) is 22.3 Å². The smallest absolute Gasteiger partial charge is 0.354 e. The topological polar surface area (TPSA) is 123 Å². The van der Waals surface area contributed by atoms with Gasteiger partial charge in [0, 0.05) is 12.1 Å². The van der Waals surface area contributed by atoms with Crippen LogP contribution in [0, 0.1) is 5.82 Å². The number of hydrogen-bond donors (Lipinski definition) is 3. The van der Waals surface area contributed by atoms with Crippen molar-refractivity contribution >= 4 is 32.8 Å². The van der Waals surface area contributed by atoms with E-state index in [9.17, 15) is 39.2 Å². The molecule has 0 amide bonds. The molecule has 4 aromatic rings.